The lowest BCUT2D eigenvalue weighted by molar-refractivity contribution is -0.130. The summed E-state index contributed by atoms with van der Waals surface area (Å²) in [6.07, 6.45) is 3.02. The fourth-order valence-corrected chi connectivity index (χ4v) is 3.15. The van der Waals surface area contributed by atoms with Gasteiger partial charge in [-0.05, 0) is 45.9 Å². The Bertz CT molecular complexity index is 308. The van der Waals surface area contributed by atoms with Crippen LogP contribution in [0.4, 0.5) is 0 Å². The van der Waals surface area contributed by atoms with E-state index in [9.17, 15) is 4.79 Å². The van der Waals surface area contributed by atoms with Gasteiger partial charge in [-0.2, -0.15) is 0 Å². The number of amides is 1. The minimum absolute atomic E-state index is 0.315. The van der Waals surface area contributed by atoms with Crippen LogP contribution in [0, 0.1) is 5.92 Å². The first kappa shape index (κ1) is 14.8. The number of hydrogen-bond acceptors (Lipinski definition) is 4. The maximum Gasteiger partial charge on any atom is 0.223 e. The van der Waals surface area contributed by atoms with Crippen molar-refractivity contribution in [1.82, 2.24) is 14.7 Å². The molecule has 2 unspecified atom stereocenters. The summed E-state index contributed by atoms with van der Waals surface area (Å²) in [5, 5.41) is 0. The molecule has 0 aromatic carbocycles. The minimum Gasteiger partial charge on any atom is -0.338 e. The van der Waals surface area contributed by atoms with Crippen LogP contribution in [-0.4, -0.2) is 80.0 Å². The molecule has 0 spiro atoms. The molecule has 0 aliphatic carbocycles. The zero-order valence-electron chi connectivity index (χ0n) is 12.3. The standard InChI is InChI=1S/C14H28N4O/c1-16(2)6-7-17-5-3-4-13(11-17)18-10-12(9-15)8-14(18)19/h12-13H,3-11,15H2,1-2H3. The molecular weight excluding hydrogens is 240 g/mol. The smallest absolute Gasteiger partial charge is 0.223 e. The van der Waals surface area contributed by atoms with Crippen molar-refractivity contribution in [1.29, 1.82) is 0 Å². The largest absolute Gasteiger partial charge is 0.338 e. The monoisotopic (exact) mass is 268 g/mol. The summed E-state index contributed by atoms with van der Waals surface area (Å²) in [5.41, 5.74) is 5.70. The van der Waals surface area contributed by atoms with Crippen LogP contribution in [0.3, 0.4) is 0 Å². The zero-order chi connectivity index (χ0) is 13.8. The van der Waals surface area contributed by atoms with Crippen molar-refractivity contribution in [3.8, 4) is 0 Å². The Morgan fingerprint density at radius 3 is 2.79 bits per heavy atom. The predicted octanol–water partition coefficient (Wildman–Crippen LogP) is -0.180. The zero-order valence-corrected chi connectivity index (χ0v) is 12.3. The van der Waals surface area contributed by atoms with Gasteiger partial charge in [0.25, 0.3) is 0 Å². The molecule has 2 aliphatic heterocycles. The van der Waals surface area contributed by atoms with Gasteiger partial charge in [0.05, 0.1) is 0 Å². The van der Waals surface area contributed by atoms with E-state index in [1.54, 1.807) is 0 Å². The Balaban J connectivity index is 1.85. The molecule has 2 heterocycles. The van der Waals surface area contributed by atoms with Crippen LogP contribution >= 0.6 is 0 Å². The molecule has 0 radical (unpaired) electrons. The van der Waals surface area contributed by atoms with Crippen molar-refractivity contribution in [3.05, 3.63) is 0 Å². The normalized spacial score (nSPS) is 29.5. The Kier molecular flexibility index (Phi) is 5.19. The van der Waals surface area contributed by atoms with E-state index in [1.807, 2.05) is 0 Å². The molecule has 2 fully saturated rings. The SMILES string of the molecule is CN(C)CCN1CCCC(N2CC(CN)CC2=O)C1. The average Bonchev–Trinajstić information content (AvgIpc) is 2.78. The van der Waals surface area contributed by atoms with Crippen LogP contribution in [0.1, 0.15) is 19.3 Å². The minimum atomic E-state index is 0.315. The van der Waals surface area contributed by atoms with Gasteiger partial charge in [0.15, 0.2) is 0 Å². The Hall–Kier alpha value is -0.650. The van der Waals surface area contributed by atoms with Crippen LogP contribution in [-0.2, 0) is 4.79 Å². The lowest BCUT2D eigenvalue weighted by Crippen LogP contribution is -2.49. The number of carbonyl (C=O) groups is 1. The summed E-state index contributed by atoms with van der Waals surface area (Å²) in [5.74, 6) is 0.694. The summed E-state index contributed by atoms with van der Waals surface area (Å²) in [6, 6.07) is 0.417. The molecule has 0 aromatic rings. The Labute approximate surface area is 116 Å². The van der Waals surface area contributed by atoms with Gasteiger partial charge in [-0.3, -0.25) is 4.79 Å². The summed E-state index contributed by atoms with van der Waals surface area (Å²) < 4.78 is 0. The fraction of sp³-hybridized carbons (Fsp3) is 0.929. The van der Waals surface area contributed by atoms with Gasteiger partial charge in [-0.15, -0.1) is 0 Å². The van der Waals surface area contributed by atoms with E-state index in [4.69, 9.17) is 5.73 Å². The highest BCUT2D eigenvalue weighted by molar-refractivity contribution is 5.79. The molecule has 1 amide bonds. The van der Waals surface area contributed by atoms with E-state index in [0.717, 1.165) is 32.6 Å². The summed E-state index contributed by atoms with van der Waals surface area (Å²) in [4.78, 5) is 18.9. The second-order valence-corrected chi connectivity index (χ2v) is 6.25. The van der Waals surface area contributed by atoms with Crippen molar-refractivity contribution in [2.75, 3.05) is 53.4 Å². The van der Waals surface area contributed by atoms with Gasteiger partial charge in [-0.25, -0.2) is 0 Å². The quantitative estimate of drug-likeness (QED) is 0.751. The number of likely N-dealkylation sites (tertiary alicyclic amines) is 2. The maximum atomic E-state index is 12.1. The van der Waals surface area contributed by atoms with Gasteiger partial charge in [0, 0.05) is 38.6 Å². The third-order valence-corrected chi connectivity index (χ3v) is 4.36. The van der Waals surface area contributed by atoms with Crippen molar-refractivity contribution >= 4 is 5.91 Å². The van der Waals surface area contributed by atoms with Crippen LogP contribution < -0.4 is 5.73 Å². The average molecular weight is 268 g/mol. The molecule has 0 bridgehead atoms. The molecular formula is C14H28N4O. The lowest BCUT2D eigenvalue weighted by atomic mass is 10.0. The molecule has 2 aliphatic rings. The lowest BCUT2D eigenvalue weighted by Gasteiger charge is -2.38. The van der Waals surface area contributed by atoms with E-state index in [-0.39, 0.29) is 0 Å². The molecule has 2 N–H and O–H groups in total. The van der Waals surface area contributed by atoms with Crippen molar-refractivity contribution in [2.24, 2.45) is 11.7 Å². The molecule has 5 nitrogen and oxygen atoms in total. The first-order chi connectivity index (χ1) is 9.10. The van der Waals surface area contributed by atoms with Crippen molar-refractivity contribution < 1.29 is 4.79 Å². The maximum absolute atomic E-state index is 12.1. The third kappa shape index (κ3) is 3.91. The highest BCUT2D eigenvalue weighted by Gasteiger charge is 2.35. The molecule has 110 valence electrons. The van der Waals surface area contributed by atoms with Gasteiger partial charge < -0.3 is 20.4 Å². The molecule has 0 aromatic heterocycles. The van der Waals surface area contributed by atoms with Gasteiger partial charge in [0.2, 0.25) is 5.91 Å². The Morgan fingerprint density at radius 2 is 2.16 bits per heavy atom. The van der Waals surface area contributed by atoms with E-state index >= 15 is 0 Å². The molecule has 2 saturated heterocycles. The number of hydrogen-bond donors (Lipinski definition) is 1. The number of rotatable bonds is 5. The van der Waals surface area contributed by atoms with E-state index < -0.39 is 0 Å². The van der Waals surface area contributed by atoms with Gasteiger partial charge in [-0.1, -0.05) is 0 Å². The van der Waals surface area contributed by atoms with E-state index in [1.165, 1.54) is 13.0 Å². The second kappa shape index (κ2) is 6.68. The highest BCUT2D eigenvalue weighted by Crippen LogP contribution is 2.24. The molecule has 2 atom stereocenters. The van der Waals surface area contributed by atoms with Gasteiger partial charge >= 0.3 is 0 Å². The number of nitrogens with zero attached hydrogens (tertiary/aromatic N) is 3. The van der Waals surface area contributed by atoms with Crippen LogP contribution in [0.15, 0.2) is 0 Å². The van der Waals surface area contributed by atoms with Crippen LogP contribution in [0.5, 0.6) is 0 Å². The summed E-state index contributed by atoms with van der Waals surface area (Å²) in [6.45, 7) is 5.92. The number of carbonyl (C=O) groups excluding carboxylic acids is 1. The van der Waals surface area contributed by atoms with Crippen LogP contribution in [0.25, 0.3) is 0 Å². The number of piperidine rings is 1. The summed E-state index contributed by atoms with van der Waals surface area (Å²) in [7, 11) is 4.22. The van der Waals surface area contributed by atoms with E-state index in [2.05, 4.69) is 28.8 Å². The third-order valence-electron chi connectivity index (χ3n) is 4.36. The molecule has 0 saturated carbocycles. The number of likely N-dealkylation sites (N-methyl/N-ethyl adjacent to an activating group) is 1. The van der Waals surface area contributed by atoms with Crippen molar-refractivity contribution in [3.63, 3.8) is 0 Å². The predicted molar refractivity (Wildman–Crippen MR) is 76.9 cm³/mol. The fourth-order valence-electron chi connectivity index (χ4n) is 3.15. The molecule has 19 heavy (non-hydrogen) atoms. The molecule has 2 rings (SSSR count). The summed E-state index contributed by atoms with van der Waals surface area (Å²) >= 11 is 0. The molecule has 5 heteroatoms. The van der Waals surface area contributed by atoms with Crippen molar-refractivity contribution in [2.45, 2.75) is 25.3 Å². The first-order valence-electron chi connectivity index (χ1n) is 7.46. The first-order valence-corrected chi connectivity index (χ1v) is 7.46. The highest BCUT2D eigenvalue weighted by atomic mass is 16.2. The topological polar surface area (TPSA) is 52.8 Å². The number of nitrogens with two attached hydrogens (primary N) is 1. The Morgan fingerprint density at radius 1 is 1.37 bits per heavy atom. The van der Waals surface area contributed by atoms with Crippen LogP contribution in [0.2, 0.25) is 0 Å². The second-order valence-electron chi connectivity index (χ2n) is 6.25. The van der Waals surface area contributed by atoms with Gasteiger partial charge in [0.1, 0.15) is 0 Å². The van der Waals surface area contributed by atoms with E-state index in [0.29, 0.717) is 30.8 Å².